The van der Waals surface area contributed by atoms with Crippen molar-refractivity contribution < 1.29 is 14.6 Å². The zero-order valence-corrected chi connectivity index (χ0v) is 12.0. The molecule has 110 valence electrons. The first kappa shape index (κ1) is 14.8. The Kier molecular flexibility index (Phi) is 4.98. The predicted octanol–water partition coefficient (Wildman–Crippen LogP) is 1.08. The van der Waals surface area contributed by atoms with Crippen molar-refractivity contribution in [2.75, 3.05) is 31.7 Å². The summed E-state index contributed by atoms with van der Waals surface area (Å²) in [5.41, 5.74) is 1.88. The highest BCUT2D eigenvalue weighted by Crippen LogP contribution is 2.23. The highest BCUT2D eigenvalue weighted by Gasteiger charge is 2.28. The van der Waals surface area contributed by atoms with Crippen LogP contribution in [0.15, 0.2) is 24.3 Å². The number of ether oxygens (including phenoxy) is 1. The van der Waals surface area contributed by atoms with Gasteiger partial charge in [0.2, 0.25) is 5.91 Å². The van der Waals surface area contributed by atoms with Gasteiger partial charge in [0.25, 0.3) is 0 Å². The molecular weight excluding hydrogens is 256 g/mol. The predicted molar refractivity (Wildman–Crippen MR) is 77.7 cm³/mol. The van der Waals surface area contributed by atoms with Gasteiger partial charge in [0, 0.05) is 19.3 Å². The fraction of sp³-hybridized carbons (Fsp3) is 0.533. The minimum absolute atomic E-state index is 0.0395. The van der Waals surface area contributed by atoms with Crippen LogP contribution in [0.3, 0.4) is 0 Å². The molecule has 1 amide bonds. The van der Waals surface area contributed by atoms with E-state index < -0.39 is 6.10 Å². The second kappa shape index (κ2) is 6.72. The number of hydrogen-bond donors (Lipinski definition) is 2. The second-order valence-corrected chi connectivity index (χ2v) is 4.91. The fourth-order valence-corrected chi connectivity index (χ4v) is 2.42. The van der Waals surface area contributed by atoms with Crippen LogP contribution in [0.5, 0.6) is 0 Å². The summed E-state index contributed by atoms with van der Waals surface area (Å²) in [4.78, 5) is 13.9. The first-order valence-electron chi connectivity index (χ1n) is 7.01. The maximum absolute atomic E-state index is 11.9. The number of carbonyl (C=O) groups is 1. The van der Waals surface area contributed by atoms with Crippen LogP contribution in [0, 0.1) is 0 Å². The number of nitrogens with zero attached hydrogens (tertiary/aromatic N) is 1. The van der Waals surface area contributed by atoms with E-state index in [4.69, 9.17) is 4.74 Å². The molecule has 2 atom stereocenters. The zero-order chi connectivity index (χ0) is 14.5. The van der Waals surface area contributed by atoms with Crippen molar-refractivity contribution in [3.05, 3.63) is 29.8 Å². The molecule has 0 radical (unpaired) electrons. The minimum atomic E-state index is -0.427. The van der Waals surface area contributed by atoms with E-state index in [1.165, 1.54) is 0 Å². The largest absolute Gasteiger partial charge is 0.388 e. The Labute approximate surface area is 119 Å². The summed E-state index contributed by atoms with van der Waals surface area (Å²) in [6.45, 7) is 3.65. The van der Waals surface area contributed by atoms with E-state index in [-0.39, 0.29) is 11.9 Å². The molecule has 1 aliphatic rings. The monoisotopic (exact) mass is 278 g/mol. The summed E-state index contributed by atoms with van der Waals surface area (Å²) in [5.74, 6) is -0.0395. The van der Waals surface area contributed by atoms with E-state index in [9.17, 15) is 9.90 Å². The third-order valence-electron chi connectivity index (χ3n) is 3.67. The molecule has 1 heterocycles. The lowest BCUT2D eigenvalue weighted by Crippen LogP contribution is -2.53. The number of anilines is 1. The lowest BCUT2D eigenvalue weighted by atomic mass is 10.1. The lowest BCUT2D eigenvalue weighted by Gasteiger charge is -2.36. The number of benzene rings is 1. The molecule has 1 saturated heterocycles. The molecule has 1 aromatic rings. The zero-order valence-electron chi connectivity index (χ0n) is 12.0. The van der Waals surface area contributed by atoms with Crippen molar-refractivity contribution >= 4 is 11.6 Å². The summed E-state index contributed by atoms with van der Waals surface area (Å²) in [7, 11) is 1.63. The van der Waals surface area contributed by atoms with E-state index >= 15 is 0 Å². The summed E-state index contributed by atoms with van der Waals surface area (Å²) in [6, 6.07) is 7.45. The first-order chi connectivity index (χ1) is 9.67. The molecular formula is C15H22N2O3. The van der Waals surface area contributed by atoms with Crippen molar-refractivity contribution in [3.63, 3.8) is 0 Å². The van der Waals surface area contributed by atoms with E-state index in [1.54, 1.807) is 7.05 Å². The van der Waals surface area contributed by atoms with Gasteiger partial charge in [-0.05, 0) is 24.1 Å². The average Bonchev–Trinajstić information content (AvgIpc) is 2.53. The normalized spacial score (nSPS) is 20.6. The molecule has 2 N–H and O–H groups in total. The number of amides is 1. The molecule has 1 aliphatic heterocycles. The van der Waals surface area contributed by atoms with Gasteiger partial charge in [-0.25, -0.2) is 0 Å². The standard InChI is InChI=1S/C15H22N2O3/c1-3-14(18)11-4-6-12(7-5-11)17-8-9-20-10-13(17)15(19)16-2/h4-7,13-14,18H,3,8-10H2,1-2H3,(H,16,19)/t13?,14-/m0/s1. The fourth-order valence-electron chi connectivity index (χ4n) is 2.42. The van der Waals surface area contributed by atoms with Crippen LogP contribution in [0.25, 0.3) is 0 Å². The number of rotatable bonds is 4. The van der Waals surface area contributed by atoms with Crippen LogP contribution >= 0.6 is 0 Å². The van der Waals surface area contributed by atoms with E-state index in [1.807, 2.05) is 36.1 Å². The van der Waals surface area contributed by atoms with Gasteiger partial charge in [-0.2, -0.15) is 0 Å². The SMILES string of the molecule is CC[C@H](O)c1ccc(N2CCOCC2C(=O)NC)cc1. The van der Waals surface area contributed by atoms with E-state index in [0.717, 1.165) is 11.3 Å². The Balaban J connectivity index is 2.17. The van der Waals surface area contributed by atoms with Crippen LogP contribution in [-0.2, 0) is 9.53 Å². The van der Waals surface area contributed by atoms with Crippen molar-refractivity contribution in [1.29, 1.82) is 0 Å². The highest BCUT2D eigenvalue weighted by atomic mass is 16.5. The van der Waals surface area contributed by atoms with Crippen LogP contribution in [0.1, 0.15) is 25.0 Å². The van der Waals surface area contributed by atoms with Gasteiger partial charge in [-0.1, -0.05) is 19.1 Å². The molecule has 5 heteroatoms. The van der Waals surface area contributed by atoms with Gasteiger partial charge >= 0.3 is 0 Å². The molecule has 1 unspecified atom stereocenters. The molecule has 1 fully saturated rings. The maximum atomic E-state index is 11.9. The van der Waals surface area contributed by atoms with Gasteiger partial charge in [0.15, 0.2) is 0 Å². The van der Waals surface area contributed by atoms with Gasteiger partial charge in [0.05, 0.1) is 19.3 Å². The van der Waals surface area contributed by atoms with Crippen molar-refractivity contribution in [3.8, 4) is 0 Å². The molecule has 1 aromatic carbocycles. The van der Waals surface area contributed by atoms with E-state index in [2.05, 4.69) is 5.32 Å². The molecule has 0 saturated carbocycles. The summed E-state index contributed by atoms with van der Waals surface area (Å²) >= 11 is 0. The first-order valence-corrected chi connectivity index (χ1v) is 7.01. The van der Waals surface area contributed by atoms with Crippen LogP contribution in [0.4, 0.5) is 5.69 Å². The topological polar surface area (TPSA) is 61.8 Å². The van der Waals surface area contributed by atoms with Crippen LogP contribution in [-0.4, -0.2) is 43.9 Å². The molecule has 0 bridgehead atoms. The summed E-state index contributed by atoms with van der Waals surface area (Å²) in [6.07, 6.45) is 0.265. The third-order valence-corrected chi connectivity index (χ3v) is 3.67. The van der Waals surface area contributed by atoms with Gasteiger partial charge in [-0.3, -0.25) is 4.79 Å². The Morgan fingerprint density at radius 3 is 2.80 bits per heavy atom. The maximum Gasteiger partial charge on any atom is 0.244 e. The number of morpholine rings is 1. The molecule has 0 aromatic heterocycles. The average molecular weight is 278 g/mol. The lowest BCUT2D eigenvalue weighted by molar-refractivity contribution is -0.124. The van der Waals surface area contributed by atoms with Crippen molar-refractivity contribution in [1.82, 2.24) is 5.32 Å². The molecule has 20 heavy (non-hydrogen) atoms. The molecule has 0 spiro atoms. The van der Waals surface area contributed by atoms with Crippen LogP contribution in [0.2, 0.25) is 0 Å². The Hall–Kier alpha value is -1.59. The Morgan fingerprint density at radius 1 is 1.50 bits per heavy atom. The summed E-state index contributed by atoms with van der Waals surface area (Å²) < 4.78 is 5.39. The van der Waals surface area contributed by atoms with Crippen LogP contribution < -0.4 is 10.2 Å². The number of likely N-dealkylation sites (N-methyl/N-ethyl adjacent to an activating group) is 1. The number of carbonyl (C=O) groups excluding carboxylic acids is 1. The van der Waals surface area contributed by atoms with Crippen molar-refractivity contribution in [2.24, 2.45) is 0 Å². The molecule has 0 aliphatic carbocycles. The third kappa shape index (κ3) is 3.11. The van der Waals surface area contributed by atoms with Crippen molar-refractivity contribution in [2.45, 2.75) is 25.5 Å². The summed E-state index contributed by atoms with van der Waals surface area (Å²) in [5, 5.41) is 12.5. The number of aliphatic hydroxyl groups is 1. The highest BCUT2D eigenvalue weighted by molar-refractivity contribution is 5.85. The Morgan fingerprint density at radius 2 is 2.20 bits per heavy atom. The minimum Gasteiger partial charge on any atom is -0.388 e. The number of nitrogens with one attached hydrogen (secondary N) is 1. The van der Waals surface area contributed by atoms with E-state index in [0.29, 0.717) is 26.2 Å². The Bertz CT molecular complexity index is 447. The smallest absolute Gasteiger partial charge is 0.244 e. The number of aliphatic hydroxyl groups excluding tert-OH is 1. The van der Waals surface area contributed by atoms with Gasteiger partial charge in [0.1, 0.15) is 6.04 Å². The molecule has 5 nitrogen and oxygen atoms in total. The molecule has 2 rings (SSSR count). The quantitative estimate of drug-likeness (QED) is 0.865. The number of hydrogen-bond acceptors (Lipinski definition) is 4. The second-order valence-electron chi connectivity index (χ2n) is 4.91. The van der Waals surface area contributed by atoms with Gasteiger partial charge < -0.3 is 20.1 Å². The van der Waals surface area contributed by atoms with Gasteiger partial charge in [-0.15, -0.1) is 0 Å².